The molecule has 0 aliphatic carbocycles. The lowest BCUT2D eigenvalue weighted by molar-refractivity contribution is 0.414. The first-order chi connectivity index (χ1) is 12.5. The van der Waals surface area contributed by atoms with Gasteiger partial charge in [-0.1, -0.05) is 18.3 Å². The van der Waals surface area contributed by atoms with E-state index in [9.17, 15) is 8.42 Å². The first kappa shape index (κ1) is 19.0. The Balaban J connectivity index is 2.16. The van der Waals surface area contributed by atoms with Crippen LogP contribution in [0.25, 0.3) is 10.2 Å². The van der Waals surface area contributed by atoms with Gasteiger partial charge in [0.2, 0.25) is 4.80 Å². The Hall–Kier alpha value is -1.77. The molecule has 1 aromatic heterocycles. The third kappa shape index (κ3) is 3.82. The lowest BCUT2D eigenvalue weighted by Gasteiger charge is -2.04. The number of aromatic nitrogens is 1. The van der Waals surface area contributed by atoms with E-state index in [1.165, 1.54) is 23.5 Å². The van der Waals surface area contributed by atoms with Crippen LogP contribution in [0.5, 0.6) is 5.75 Å². The van der Waals surface area contributed by atoms with Gasteiger partial charge in [0.1, 0.15) is 5.75 Å². The number of thioether (sulfide) groups is 1. The number of methoxy groups -OCH3 is 1. The maximum absolute atomic E-state index is 12.7. The molecule has 0 radical (unpaired) electrons. The van der Waals surface area contributed by atoms with E-state index in [-0.39, 0.29) is 4.90 Å². The Morgan fingerprint density at radius 3 is 2.54 bits per heavy atom. The van der Waals surface area contributed by atoms with Crippen LogP contribution in [-0.4, -0.2) is 26.4 Å². The zero-order chi connectivity index (χ0) is 18.7. The molecule has 0 spiro atoms. The molecule has 0 aliphatic rings. The summed E-state index contributed by atoms with van der Waals surface area (Å²) in [6, 6.07) is 12.4. The predicted molar refractivity (Wildman–Crippen MR) is 108 cm³/mol. The van der Waals surface area contributed by atoms with Crippen molar-refractivity contribution in [3.05, 3.63) is 47.3 Å². The molecule has 3 aromatic rings. The van der Waals surface area contributed by atoms with E-state index in [0.717, 1.165) is 28.1 Å². The van der Waals surface area contributed by atoms with Gasteiger partial charge in [0.25, 0.3) is 10.0 Å². The summed E-state index contributed by atoms with van der Waals surface area (Å²) in [6.07, 6.45) is 2.92. The fourth-order valence-electron chi connectivity index (χ4n) is 2.59. The minimum Gasteiger partial charge on any atom is -0.497 e. The van der Waals surface area contributed by atoms with Crippen LogP contribution < -0.4 is 9.54 Å². The maximum atomic E-state index is 12.7. The number of thiazole rings is 1. The SMILES string of the molecule is CCCn1c(=NS(=O)(=O)c2ccc(OC)cc2)sc2cc(SC)ccc21. The normalized spacial score (nSPS) is 12.7. The number of nitrogens with zero attached hydrogens (tertiary/aromatic N) is 2. The van der Waals surface area contributed by atoms with E-state index in [4.69, 9.17) is 4.74 Å². The summed E-state index contributed by atoms with van der Waals surface area (Å²) in [4.78, 5) is 1.80. The first-order valence-electron chi connectivity index (χ1n) is 8.11. The number of rotatable bonds is 6. The molecule has 2 aromatic carbocycles. The molecule has 0 bridgehead atoms. The molecule has 0 saturated carbocycles. The van der Waals surface area contributed by atoms with E-state index in [0.29, 0.717) is 10.6 Å². The highest BCUT2D eigenvalue weighted by molar-refractivity contribution is 7.98. The molecule has 3 rings (SSSR count). The standard InChI is InChI=1S/C18H20N2O3S3/c1-4-11-20-16-10-7-14(24-3)12-17(16)25-18(20)19-26(21,22)15-8-5-13(23-2)6-9-15/h5-10,12H,4,11H2,1-3H3. The fourth-order valence-corrected chi connectivity index (χ4v) is 5.41. The molecular formula is C18H20N2O3S3. The largest absolute Gasteiger partial charge is 0.497 e. The molecule has 0 atom stereocenters. The Morgan fingerprint density at radius 1 is 1.19 bits per heavy atom. The molecule has 0 fully saturated rings. The molecule has 0 N–H and O–H groups in total. The molecule has 0 saturated heterocycles. The summed E-state index contributed by atoms with van der Waals surface area (Å²) in [6.45, 7) is 2.78. The molecule has 0 unspecified atom stereocenters. The molecule has 138 valence electrons. The highest BCUT2D eigenvalue weighted by atomic mass is 32.2. The lowest BCUT2D eigenvalue weighted by Crippen LogP contribution is -2.17. The van der Waals surface area contributed by atoms with Crippen molar-refractivity contribution in [2.24, 2.45) is 4.40 Å². The number of hydrogen-bond acceptors (Lipinski definition) is 5. The van der Waals surface area contributed by atoms with Crippen molar-refractivity contribution in [1.82, 2.24) is 4.57 Å². The van der Waals surface area contributed by atoms with Crippen LogP contribution >= 0.6 is 23.1 Å². The zero-order valence-electron chi connectivity index (χ0n) is 14.8. The van der Waals surface area contributed by atoms with Crippen LogP contribution in [0.2, 0.25) is 0 Å². The van der Waals surface area contributed by atoms with Crippen molar-refractivity contribution in [2.75, 3.05) is 13.4 Å². The van der Waals surface area contributed by atoms with Gasteiger partial charge in [-0.05, 0) is 55.1 Å². The highest BCUT2D eigenvalue weighted by Crippen LogP contribution is 2.25. The van der Waals surface area contributed by atoms with Gasteiger partial charge in [0.15, 0.2) is 0 Å². The molecule has 26 heavy (non-hydrogen) atoms. The fraction of sp³-hybridized carbons (Fsp3) is 0.278. The van der Waals surface area contributed by atoms with Crippen LogP contribution in [-0.2, 0) is 16.6 Å². The third-order valence-electron chi connectivity index (χ3n) is 3.89. The number of aryl methyl sites for hydroxylation is 1. The lowest BCUT2D eigenvalue weighted by atomic mass is 10.3. The van der Waals surface area contributed by atoms with E-state index >= 15 is 0 Å². The second kappa shape index (κ2) is 7.85. The van der Waals surface area contributed by atoms with Crippen molar-refractivity contribution in [3.63, 3.8) is 0 Å². The molecule has 8 heteroatoms. The monoisotopic (exact) mass is 408 g/mol. The van der Waals surface area contributed by atoms with Crippen LogP contribution in [0, 0.1) is 0 Å². The summed E-state index contributed by atoms with van der Waals surface area (Å²) < 4.78 is 37.7. The average Bonchev–Trinajstić information content (AvgIpc) is 2.97. The summed E-state index contributed by atoms with van der Waals surface area (Å²) in [5.41, 5.74) is 1.01. The Kier molecular flexibility index (Phi) is 5.74. The number of ether oxygens (including phenoxy) is 1. The van der Waals surface area contributed by atoms with Crippen molar-refractivity contribution >= 4 is 43.3 Å². The minimum absolute atomic E-state index is 0.156. The number of benzene rings is 2. The van der Waals surface area contributed by atoms with E-state index in [2.05, 4.69) is 17.4 Å². The van der Waals surface area contributed by atoms with Gasteiger partial charge in [-0.25, -0.2) is 0 Å². The predicted octanol–water partition coefficient (Wildman–Crippen LogP) is 4.13. The highest BCUT2D eigenvalue weighted by Gasteiger charge is 2.15. The van der Waals surface area contributed by atoms with Crippen LogP contribution in [0.1, 0.15) is 13.3 Å². The molecular weight excluding hydrogens is 388 g/mol. The Labute approximate surface area is 161 Å². The van der Waals surface area contributed by atoms with Crippen molar-refractivity contribution in [3.8, 4) is 5.75 Å². The molecule has 1 heterocycles. The second-order valence-electron chi connectivity index (χ2n) is 5.61. The topological polar surface area (TPSA) is 60.7 Å². The van der Waals surface area contributed by atoms with Gasteiger partial charge < -0.3 is 9.30 Å². The van der Waals surface area contributed by atoms with E-state index in [1.807, 2.05) is 23.0 Å². The number of hydrogen-bond donors (Lipinski definition) is 0. The van der Waals surface area contributed by atoms with Crippen molar-refractivity contribution in [2.45, 2.75) is 29.7 Å². The summed E-state index contributed by atoms with van der Waals surface area (Å²) in [5, 5.41) is 0. The quantitative estimate of drug-likeness (QED) is 0.575. The molecule has 0 aliphatic heterocycles. The average molecular weight is 409 g/mol. The molecule has 5 nitrogen and oxygen atoms in total. The summed E-state index contributed by atoms with van der Waals surface area (Å²) in [7, 11) is -2.25. The van der Waals surface area contributed by atoms with E-state index in [1.54, 1.807) is 31.0 Å². The Morgan fingerprint density at radius 2 is 1.92 bits per heavy atom. The van der Waals surface area contributed by atoms with Gasteiger partial charge in [-0.15, -0.1) is 16.2 Å². The van der Waals surface area contributed by atoms with Gasteiger partial charge >= 0.3 is 0 Å². The van der Waals surface area contributed by atoms with Crippen molar-refractivity contribution in [1.29, 1.82) is 0 Å². The van der Waals surface area contributed by atoms with Gasteiger partial charge in [0, 0.05) is 11.4 Å². The zero-order valence-corrected chi connectivity index (χ0v) is 17.2. The van der Waals surface area contributed by atoms with Gasteiger partial charge in [0.05, 0.1) is 22.2 Å². The minimum atomic E-state index is -3.79. The van der Waals surface area contributed by atoms with Crippen molar-refractivity contribution < 1.29 is 13.2 Å². The smallest absolute Gasteiger partial charge is 0.285 e. The van der Waals surface area contributed by atoms with Crippen LogP contribution in [0.15, 0.2) is 56.7 Å². The number of fused-ring (bicyclic) bond motifs is 1. The second-order valence-corrected chi connectivity index (χ2v) is 9.10. The summed E-state index contributed by atoms with van der Waals surface area (Å²) >= 11 is 3.06. The van der Waals surface area contributed by atoms with Gasteiger partial charge in [-0.2, -0.15) is 8.42 Å². The Bertz CT molecular complexity index is 1080. The first-order valence-corrected chi connectivity index (χ1v) is 11.6. The van der Waals surface area contributed by atoms with Crippen LogP contribution in [0.4, 0.5) is 0 Å². The number of sulfonamides is 1. The summed E-state index contributed by atoms with van der Waals surface area (Å²) in [5.74, 6) is 0.608. The third-order valence-corrected chi connectivity index (χ3v) is 7.06. The maximum Gasteiger partial charge on any atom is 0.285 e. The molecule has 0 amide bonds. The van der Waals surface area contributed by atoms with Gasteiger partial charge in [-0.3, -0.25) is 0 Å². The van der Waals surface area contributed by atoms with E-state index < -0.39 is 10.0 Å². The van der Waals surface area contributed by atoms with Crippen LogP contribution in [0.3, 0.4) is 0 Å².